The van der Waals surface area contributed by atoms with E-state index in [1.165, 1.54) is 5.56 Å². The summed E-state index contributed by atoms with van der Waals surface area (Å²) in [4.78, 5) is 16.3. The first-order valence-corrected chi connectivity index (χ1v) is 9.67. The zero-order chi connectivity index (χ0) is 20.3. The largest absolute Gasteiger partial charge is 0.444 e. The topological polar surface area (TPSA) is 84.6 Å². The van der Waals surface area contributed by atoms with Crippen LogP contribution in [0.1, 0.15) is 26.3 Å². The number of ether oxygens (including phenoxy) is 1. The fourth-order valence-electron chi connectivity index (χ4n) is 3.07. The fourth-order valence-corrected chi connectivity index (χ4v) is 3.22. The van der Waals surface area contributed by atoms with Gasteiger partial charge >= 0.3 is 6.09 Å². The first-order valence-electron chi connectivity index (χ1n) is 9.29. The highest BCUT2D eigenvalue weighted by molar-refractivity contribution is 6.29. The molecule has 2 heterocycles. The Morgan fingerprint density at radius 2 is 1.79 bits per heavy atom. The molecule has 0 spiro atoms. The van der Waals surface area contributed by atoms with Crippen molar-refractivity contribution in [2.75, 3.05) is 31.9 Å². The van der Waals surface area contributed by atoms with Crippen LogP contribution in [0.5, 0.6) is 0 Å². The summed E-state index contributed by atoms with van der Waals surface area (Å²) in [5, 5.41) is 7.92. The van der Waals surface area contributed by atoms with Gasteiger partial charge in [0.15, 0.2) is 11.0 Å². The Kier molecular flexibility index (Phi) is 6.05. The highest BCUT2D eigenvalue weighted by Gasteiger charge is 2.25. The van der Waals surface area contributed by atoms with E-state index in [0.29, 0.717) is 24.1 Å². The second-order valence-corrected chi connectivity index (χ2v) is 8.29. The smallest absolute Gasteiger partial charge is 0.410 e. The fraction of sp³-hybridized carbons (Fsp3) is 0.450. The summed E-state index contributed by atoms with van der Waals surface area (Å²) in [7, 11) is 0. The molecule has 1 aromatic heterocycles. The van der Waals surface area contributed by atoms with Crippen LogP contribution in [0.3, 0.4) is 0 Å². The number of hydrogen-bond acceptors (Lipinski definition) is 6. The van der Waals surface area contributed by atoms with Gasteiger partial charge in [0.2, 0.25) is 0 Å². The van der Waals surface area contributed by atoms with Crippen LogP contribution in [0.15, 0.2) is 30.3 Å². The molecule has 0 aliphatic carbocycles. The normalized spacial score (nSPS) is 15.5. The van der Waals surface area contributed by atoms with Crippen LogP contribution in [-0.4, -0.2) is 57.9 Å². The van der Waals surface area contributed by atoms with Gasteiger partial charge in [0.05, 0.1) is 0 Å². The van der Waals surface area contributed by atoms with E-state index in [4.69, 9.17) is 22.1 Å². The molecule has 1 amide bonds. The van der Waals surface area contributed by atoms with Crippen molar-refractivity contribution >= 4 is 23.5 Å². The third-order valence-corrected chi connectivity index (χ3v) is 4.67. The second-order valence-electron chi connectivity index (χ2n) is 7.91. The van der Waals surface area contributed by atoms with Crippen molar-refractivity contribution in [3.05, 3.63) is 41.0 Å². The van der Waals surface area contributed by atoms with Crippen LogP contribution < -0.4 is 5.73 Å². The number of rotatable bonds is 3. The molecule has 1 aliphatic rings. The summed E-state index contributed by atoms with van der Waals surface area (Å²) in [6, 6.07) is 9.88. The number of aromatic nitrogens is 2. The lowest BCUT2D eigenvalue weighted by atomic mass is 10.0. The van der Waals surface area contributed by atoms with Gasteiger partial charge in [-0.2, -0.15) is 0 Å². The Hall–Kier alpha value is -2.38. The van der Waals surface area contributed by atoms with Gasteiger partial charge in [-0.1, -0.05) is 35.9 Å². The van der Waals surface area contributed by atoms with E-state index in [0.717, 1.165) is 30.8 Å². The Morgan fingerprint density at radius 1 is 1.14 bits per heavy atom. The molecule has 1 aliphatic heterocycles. The van der Waals surface area contributed by atoms with Crippen molar-refractivity contribution in [3.63, 3.8) is 0 Å². The minimum atomic E-state index is -0.464. The average molecular weight is 404 g/mol. The highest BCUT2D eigenvalue weighted by Crippen LogP contribution is 2.26. The van der Waals surface area contributed by atoms with E-state index in [2.05, 4.69) is 27.2 Å². The maximum absolute atomic E-state index is 12.2. The number of benzene rings is 1. The maximum Gasteiger partial charge on any atom is 0.410 e. The van der Waals surface area contributed by atoms with E-state index in [-0.39, 0.29) is 6.09 Å². The number of nitrogen functional groups attached to an aromatic ring is 1. The van der Waals surface area contributed by atoms with Crippen LogP contribution in [0, 0.1) is 0 Å². The van der Waals surface area contributed by atoms with Gasteiger partial charge in [-0.15, -0.1) is 10.2 Å². The van der Waals surface area contributed by atoms with Crippen LogP contribution in [0.2, 0.25) is 5.15 Å². The van der Waals surface area contributed by atoms with Crippen LogP contribution in [-0.2, 0) is 11.3 Å². The average Bonchev–Trinajstić information content (AvgIpc) is 2.64. The van der Waals surface area contributed by atoms with Crippen LogP contribution in [0.25, 0.3) is 11.1 Å². The number of piperazine rings is 1. The van der Waals surface area contributed by atoms with Crippen molar-refractivity contribution in [1.29, 1.82) is 0 Å². The molecule has 1 fully saturated rings. The lowest BCUT2D eigenvalue weighted by Gasteiger charge is -2.35. The zero-order valence-electron chi connectivity index (χ0n) is 16.5. The molecule has 0 unspecified atom stereocenters. The van der Waals surface area contributed by atoms with Crippen molar-refractivity contribution in [2.24, 2.45) is 0 Å². The number of halogens is 1. The number of anilines is 1. The summed E-state index contributed by atoms with van der Waals surface area (Å²) in [5.74, 6) is 0.357. The van der Waals surface area contributed by atoms with Gasteiger partial charge in [-0.3, -0.25) is 4.90 Å². The van der Waals surface area contributed by atoms with Crippen LogP contribution in [0.4, 0.5) is 10.6 Å². The van der Waals surface area contributed by atoms with E-state index >= 15 is 0 Å². The monoisotopic (exact) mass is 403 g/mol. The Bertz CT molecular complexity index is 827. The van der Waals surface area contributed by atoms with Crippen molar-refractivity contribution in [1.82, 2.24) is 20.0 Å². The molecule has 1 aromatic carbocycles. The third-order valence-electron chi connectivity index (χ3n) is 4.49. The number of carbonyl (C=O) groups is 1. The predicted molar refractivity (Wildman–Crippen MR) is 110 cm³/mol. The third kappa shape index (κ3) is 5.33. The standard InChI is InChI=1S/C20H26ClN5O2/c1-20(2,3)28-19(27)26-10-8-25(9-11-26)13-14-4-6-15(7-5-14)16-12-17(21)23-24-18(16)22/h4-7,12H,8-11,13H2,1-3H3,(H2,22,24). The first kappa shape index (κ1) is 20.4. The van der Waals surface area contributed by atoms with Crippen molar-refractivity contribution in [2.45, 2.75) is 32.9 Å². The highest BCUT2D eigenvalue weighted by atomic mass is 35.5. The zero-order valence-corrected chi connectivity index (χ0v) is 17.2. The molecule has 8 heteroatoms. The summed E-state index contributed by atoms with van der Waals surface area (Å²) >= 11 is 5.92. The van der Waals surface area contributed by atoms with Crippen molar-refractivity contribution < 1.29 is 9.53 Å². The molecule has 0 saturated carbocycles. The molecule has 0 atom stereocenters. The Labute approximate surface area is 170 Å². The molecule has 2 N–H and O–H groups in total. The Balaban J connectivity index is 1.56. The van der Waals surface area contributed by atoms with Gasteiger partial charge in [-0.25, -0.2) is 4.79 Å². The van der Waals surface area contributed by atoms with Gasteiger partial charge < -0.3 is 15.4 Å². The van der Waals surface area contributed by atoms with Gasteiger partial charge in [0.1, 0.15) is 5.60 Å². The minimum absolute atomic E-state index is 0.237. The predicted octanol–water partition coefficient (Wildman–Crippen LogP) is 3.43. The lowest BCUT2D eigenvalue weighted by Crippen LogP contribution is -2.49. The molecule has 1 saturated heterocycles. The number of carbonyl (C=O) groups excluding carboxylic acids is 1. The molecule has 2 aromatic rings. The molecule has 0 radical (unpaired) electrons. The van der Waals surface area contributed by atoms with Gasteiger partial charge in [0, 0.05) is 38.3 Å². The Morgan fingerprint density at radius 3 is 2.39 bits per heavy atom. The van der Waals surface area contributed by atoms with E-state index in [1.54, 1.807) is 11.0 Å². The summed E-state index contributed by atoms with van der Waals surface area (Å²) < 4.78 is 5.44. The number of nitrogens with zero attached hydrogens (tertiary/aromatic N) is 4. The molecule has 150 valence electrons. The summed E-state index contributed by atoms with van der Waals surface area (Å²) in [6.45, 7) is 9.45. The van der Waals surface area contributed by atoms with Crippen LogP contribution >= 0.6 is 11.6 Å². The molecular formula is C20H26ClN5O2. The van der Waals surface area contributed by atoms with E-state index in [1.807, 2.05) is 32.9 Å². The van der Waals surface area contributed by atoms with Gasteiger partial charge in [-0.05, 0) is 38.0 Å². The van der Waals surface area contributed by atoms with E-state index in [9.17, 15) is 4.79 Å². The lowest BCUT2D eigenvalue weighted by molar-refractivity contribution is 0.0139. The number of amides is 1. The molecule has 7 nitrogen and oxygen atoms in total. The number of hydrogen-bond donors (Lipinski definition) is 1. The first-order chi connectivity index (χ1) is 13.2. The summed E-state index contributed by atoms with van der Waals surface area (Å²) in [5.41, 5.74) is 8.36. The quantitative estimate of drug-likeness (QED) is 0.845. The summed E-state index contributed by atoms with van der Waals surface area (Å²) in [6.07, 6.45) is -0.237. The number of nitrogens with two attached hydrogens (primary N) is 1. The van der Waals surface area contributed by atoms with Gasteiger partial charge in [0.25, 0.3) is 0 Å². The second kappa shape index (κ2) is 8.32. The minimum Gasteiger partial charge on any atom is -0.444 e. The SMILES string of the molecule is CC(C)(C)OC(=O)N1CCN(Cc2ccc(-c3cc(Cl)nnc3N)cc2)CC1. The van der Waals surface area contributed by atoms with E-state index < -0.39 is 5.60 Å². The molecular weight excluding hydrogens is 378 g/mol. The molecule has 0 bridgehead atoms. The maximum atomic E-state index is 12.2. The van der Waals surface area contributed by atoms with Crippen molar-refractivity contribution in [3.8, 4) is 11.1 Å². The molecule has 3 rings (SSSR count). The molecule has 28 heavy (non-hydrogen) atoms.